The first-order chi connectivity index (χ1) is 13.1. The Bertz CT molecular complexity index is 648. The van der Waals surface area contributed by atoms with Crippen LogP contribution in [0.2, 0.25) is 0 Å². The summed E-state index contributed by atoms with van der Waals surface area (Å²) in [5, 5.41) is 9.15. The Morgan fingerprint density at radius 2 is 1.78 bits per heavy atom. The summed E-state index contributed by atoms with van der Waals surface area (Å²) in [5.74, 6) is -0.102. The van der Waals surface area contributed by atoms with Crippen LogP contribution in [0.25, 0.3) is 0 Å². The molecule has 0 aliphatic carbocycles. The highest BCUT2D eigenvalue weighted by atomic mass is 16.4. The number of anilines is 1. The molecule has 2 aliphatic rings. The van der Waals surface area contributed by atoms with Gasteiger partial charge in [0.1, 0.15) is 0 Å². The fraction of sp³-hybridized carbons (Fsp3) is 0.619. The van der Waals surface area contributed by atoms with Gasteiger partial charge in [-0.3, -0.25) is 4.79 Å². The van der Waals surface area contributed by atoms with Crippen LogP contribution in [0, 0.1) is 5.92 Å². The molecule has 2 saturated heterocycles. The topological polar surface area (TPSA) is 64.1 Å². The van der Waals surface area contributed by atoms with Crippen LogP contribution in [0.15, 0.2) is 24.3 Å². The molecular formula is C21H31N3O3. The zero-order chi connectivity index (χ0) is 19.2. The zero-order valence-electron chi connectivity index (χ0n) is 16.3. The minimum absolute atomic E-state index is 0.280. The first-order valence-corrected chi connectivity index (χ1v) is 10.1. The van der Waals surface area contributed by atoms with Crippen LogP contribution < -0.4 is 4.90 Å². The van der Waals surface area contributed by atoms with Crippen molar-refractivity contribution in [3.63, 3.8) is 0 Å². The molecule has 6 heteroatoms. The van der Waals surface area contributed by atoms with Gasteiger partial charge in [0, 0.05) is 38.3 Å². The van der Waals surface area contributed by atoms with E-state index in [-0.39, 0.29) is 5.91 Å². The fourth-order valence-corrected chi connectivity index (χ4v) is 4.16. The summed E-state index contributed by atoms with van der Waals surface area (Å²) < 4.78 is 0. The predicted molar refractivity (Wildman–Crippen MR) is 106 cm³/mol. The van der Waals surface area contributed by atoms with Gasteiger partial charge < -0.3 is 19.8 Å². The van der Waals surface area contributed by atoms with E-state index in [2.05, 4.69) is 16.7 Å². The number of amides is 1. The Labute approximate surface area is 161 Å². The van der Waals surface area contributed by atoms with Crippen molar-refractivity contribution in [2.24, 2.45) is 5.92 Å². The number of rotatable bonds is 6. The largest absolute Gasteiger partial charge is 0.478 e. The third kappa shape index (κ3) is 5.22. The summed E-state index contributed by atoms with van der Waals surface area (Å²) in [5.41, 5.74) is 1.23. The van der Waals surface area contributed by atoms with Crippen LogP contribution in [-0.4, -0.2) is 72.6 Å². The van der Waals surface area contributed by atoms with E-state index in [9.17, 15) is 9.59 Å². The van der Waals surface area contributed by atoms with Gasteiger partial charge in [-0.1, -0.05) is 13.0 Å². The van der Waals surface area contributed by atoms with Crippen LogP contribution in [-0.2, 0) is 4.79 Å². The maximum atomic E-state index is 12.7. The number of carboxylic acid groups (broad SMARTS) is 1. The van der Waals surface area contributed by atoms with E-state index in [1.165, 1.54) is 13.0 Å². The first kappa shape index (κ1) is 19.7. The van der Waals surface area contributed by atoms with Crippen molar-refractivity contribution in [3.8, 4) is 0 Å². The number of benzene rings is 1. The van der Waals surface area contributed by atoms with Gasteiger partial charge in [0.05, 0.1) is 5.56 Å². The van der Waals surface area contributed by atoms with Crippen molar-refractivity contribution in [3.05, 3.63) is 29.8 Å². The van der Waals surface area contributed by atoms with Gasteiger partial charge in [-0.25, -0.2) is 4.79 Å². The van der Waals surface area contributed by atoms with Crippen LogP contribution in [0.4, 0.5) is 5.69 Å². The van der Waals surface area contributed by atoms with Crippen LogP contribution >= 0.6 is 0 Å². The molecule has 0 radical (unpaired) electrons. The van der Waals surface area contributed by atoms with Gasteiger partial charge in [-0.15, -0.1) is 0 Å². The molecule has 0 aromatic heterocycles. The maximum absolute atomic E-state index is 12.7. The van der Waals surface area contributed by atoms with Crippen LogP contribution in [0.5, 0.6) is 0 Å². The third-order valence-electron chi connectivity index (χ3n) is 5.80. The van der Waals surface area contributed by atoms with Crippen molar-refractivity contribution in [1.82, 2.24) is 9.80 Å². The van der Waals surface area contributed by atoms with Crippen molar-refractivity contribution in [1.29, 1.82) is 0 Å². The summed E-state index contributed by atoms with van der Waals surface area (Å²) in [6, 6.07) is 7.04. The number of aromatic carboxylic acids is 1. The van der Waals surface area contributed by atoms with Gasteiger partial charge in [0.15, 0.2) is 0 Å². The number of piperidine rings is 1. The molecule has 27 heavy (non-hydrogen) atoms. The van der Waals surface area contributed by atoms with E-state index in [0.717, 1.165) is 44.7 Å². The molecule has 1 aromatic rings. The summed E-state index contributed by atoms with van der Waals surface area (Å²) >= 11 is 0. The number of piperazine rings is 1. The number of nitrogens with zero attached hydrogens (tertiary/aromatic N) is 3. The highest BCUT2D eigenvalue weighted by Crippen LogP contribution is 2.23. The number of carbonyl (C=O) groups excluding carboxylic acids is 1. The SMILES string of the molecule is CCCN1CCC(CC(=O)N2CCN(c3cccc(C(=O)O)c3)CC2)CC1. The van der Waals surface area contributed by atoms with Crippen LogP contribution in [0.1, 0.15) is 43.0 Å². The third-order valence-corrected chi connectivity index (χ3v) is 5.80. The Balaban J connectivity index is 1.46. The molecule has 1 aromatic carbocycles. The second-order valence-corrected chi connectivity index (χ2v) is 7.71. The lowest BCUT2D eigenvalue weighted by Gasteiger charge is -2.37. The smallest absolute Gasteiger partial charge is 0.335 e. The molecule has 0 spiro atoms. The number of hydrogen-bond acceptors (Lipinski definition) is 4. The molecule has 1 amide bonds. The average molecular weight is 373 g/mol. The highest BCUT2D eigenvalue weighted by molar-refractivity contribution is 5.88. The lowest BCUT2D eigenvalue weighted by atomic mass is 9.93. The van der Waals surface area contributed by atoms with Gasteiger partial charge in [-0.2, -0.15) is 0 Å². The summed E-state index contributed by atoms with van der Waals surface area (Å²) in [4.78, 5) is 30.5. The standard InChI is InChI=1S/C21H31N3O3/c1-2-8-22-9-6-17(7-10-22)15-20(25)24-13-11-23(12-14-24)19-5-3-4-18(16-19)21(26)27/h3-5,16-17H,2,6-15H2,1H3,(H,26,27). The molecule has 148 valence electrons. The molecular weight excluding hydrogens is 342 g/mol. The van der Waals surface area contributed by atoms with Crippen LogP contribution in [0.3, 0.4) is 0 Å². The molecule has 2 aliphatic heterocycles. The summed E-state index contributed by atoms with van der Waals surface area (Å²) in [6.45, 7) is 8.57. The average Bonchev–Trinajstić information content (AvgIpc) is 2.70. The molecule has 6 nitrogen and oxygen atoms in total. The number of carbonyl (C=O) groups is 2. The zero-order valence-corrected chi connectivity index (χ0v) is 16.3. The molecule has 0 bridgehead atoms. The van der Waals surface area contributed by atoms with E-state index in [4.69, 9.17) is 5.11 Å². The van der Waals surface area contributed by atoms with E-state index in [0.29, 0.717) is 31.0 Å². The van der Waals surface area contributed by atoms with E-state index in [1.807, 2.05) is 11.0 Å². The summed E-state index contributed by atoms with van der Waals surface area (Å²) in [7, 11) is 0. The first-order valence-electron chi connectivity index (χ1n) is 10.1. The van der Waals surface area contributed by atoms with Gasteiger partial charge in [0.25, 0.3) is 0 Å². The van der Waals surface area contributed by atoms with Gasteiger partial charge in [-0.05, 0) is 63.0 Å². The molecule has 0 unspecified atom stereocenters. The molecule has 2 heterocycles. The van der Waals surface area contributed by atoms with Crippen molar-refractivity contribution in [2.75, 3.05) is 50.7 Å². The molecule has 3 rings (SSSR count). The Morgan fingerprint density at radius 3 is 2.41 bits per heavy atom. The Morgan fingerprint density at radius 1 is 1.07 bits per heavy atom. The normalized spacial score (nSPS) is 19.3. The van der Waals surface area contributed by atoms with Crippen molar-refractivity contribution >= 4 is 17.6 Å². The number of likely N-dealkylation sites (tertiary alicyclic amines) is 1. The maximum Gasteiger partial charge on any atom is 0.335 e. The number of hydrogen-bond donors (Lipinski definition) is 1. The lowest BCUT2D eigenvalue weighted by Crippen LogP contribution is -2.49. The molecule has 0 saturated carbocycles. The Kier molecular flexibility index (Phi) is 6.72. The van der Waals surface area contributed by atoms with E-state index in [1.54, 1.807) is 18.2 Å². The molecule has 1 N–H and O–H groups in total. The van der Waals surface area contributed by atoms with Crippen molar-refractivity contribution in [2.45, 2.75) is 32.6 Å². The minimum atomic E-state index is -0.907. The Hall–Kier alpha value is -2.08. The van der Waals surface area contributed by atoms with E-state index < -0.39 is 5.97 Å². The second-order valence-electron chi connectivity index (χ2n) is 7.71. The molecule has 0 atom stereocenters. The minimum Gasteiger partial charge on any atom is -0.478 e. The quantitative estimate of drug-likeness (QED) is 0.830. The monoisotopic (exact) mass is 373 g/mol. The van der Waals surface area contributed by atoms with Gasteiger partial charge in [0.2, 0.25) is 5.91 Å². The lowest BCUT2D eigenvalue weighted by molar-refractivity contribution is -0.132. The highest BCUT2D eigenvalue weighted by Gasteiger charge is 2.26. The number of carboxylic acids is 1. The fourth-order valence-electron chi connectivity index (χ4n) is 4.16. The van der Waals surface area contributed by atoms with Gasteiger partial charge >= 0.3 is 5.97 Å². The second kappa shape index (κ2) is 9.22. The van der Waals surface area contributed by atoms with E-state index >= 15 is 0 Å². The molecule has 2 fully saturated rings. The predicted octanol–water partition coefficient (Wildman–Crippen LogP) is 2.55. The van der Waals surface area contributed by atoms with Crippen molar-refractivity contribution < 1.29 is 14.7 Å². The summed E-state index contributed by atoms with van der Waals surface area (Å²) in [6.07, 6.45) is 4.14.